The monoisotopic (exact) mass is 418 g/mol. The highest BCUT2D eigenvalue weighted by Crippen LogP contribution is 2.27. The van der Waals surface area contributed by atoms with Crippen molar-refractivity contribution in [3.05, 3.63) is 47.1 Å². The van der Waals surface area contributed by atoms with Crippen molar-refractivity contribution in [3.8, 4) is 0 Å². The standard InChI is InChI=1S/C21H27ClN4OS/c1-26(17-10-6-3-7-11-17)19-14-18(22)24-21(25-19)28-15-20(27)23-13-12-16-8-4-2-5-9-16/h2,4-5,8-9,14,17H,3,6-7,10-13,15H2,1H3,(H,23,27). The number of hydrogen-bond acceptors (Lipinski definition) is 5. The van der Waals surface area contributed by atoms with Gasteiger partial charge in [0, 0.05) is 25.7 Å². The van der Waals surface area contributed by atoms with Crippen LogP contribution in [-0.4, -0.2) is 41.3 Å². The first-order chi connectivity index (χ1) is 13.6. The molecule has 1 heterocycles. The molecular formula is C21H27ClN4OS. The first-order valence-corrected chi connectivity index (χ1v) is 11.2. The van der Waals surface area contributed by atoms with Crippen molar-refractivity contribution < 1.29 is 4.79 Å². The molecule has 0 bridgehead atoms. The number of rotatable bonds is 8. The van der Waals surface area contributed by atoms with Gasteiger partial charge in [0.05, 0.1) is 5.75 Å². The lowest BCUT2D eigenvalue weighted by Crippen LogP contribution is -2.34. The number of hydrogen-bond donors (Lipinski definition) is 1. The van der Waals surface area contributed by atoms with Gasteiger partial charge in [-0.25, -0.2) is 9.97 Å². The molecule has 1 saturated carbocycles. The minimum Gasteiger partial charge on any atom is -0.357 e. The van der Waals surface area contributed by atoms with Gasteiger partial charge in [-0.2, -0.15) is 0 Å². The molecule has 0 spiro atoms. The molecular weight excluding hydrogens is 392 g/mol. The number of carbonyl (C=O) groups is 1. The zero-order chi connectivity index (χ0) is 19.8. The summed E-state index contributed by atoms with van der Waals surface area (Å²) in [6.45, 7) is 0.621. The summed E-state index contributed by atoms with van der Waals surface area (Å²) < 4.78 is 0. The zero-order valence-electron chi connectivity index (χ0n) is 16.2. The predicted octanol–water partition coefficient (Wildman–Crippen LogP) is 4.35. The van der Waals surface area contributed by atoms with Crippen LogP contribution in [0, 0.1) is 0 Å². The van der Waals surface area contributed by atoms with Gasteiger partial charge in [0.1, 0.15) is 11.0 Å². The van der Waals surface area contributed by atoms with E-state index >= 15 is 0 Å². The van der Waals surface area contributed by atoms with Crippen LogP contribution in [0.3, 0.4) is 0 Å². The average molecular weight is 419 g/mol. The number of nitrogens with one attached hydrogen (secondary N) is 1. The van der Waals surface area contributed by atoms with Gasteiger partial charge < -0.3 is 10.2 Å². The smallest absolute Gasteiger partial charge is 0.230 e. The highest BCUT2D eigenvalue weighted by atomic mass is 35.5. The van der Waals surface area contributed by atoms with Crippen molar-refractivity contribution in [2.24, 2.45) is 0 Å². The average Bonchev–Trinajstić information content (AvgIpc) is 2.73. The van der Waals surface area contributed by atoms with Crippen LogP contribution in [0.25, 0.3) is 0 Å². The lowest BCUT2D eigenvalue weighted by atomic mass is 9.94. The van der Waals surface area contributed by atoms with E-state index in [9.17, 15) is 4.79 Å². The summed E-state index contributed by atoms with van der Waals surface area (Å²) in [7, 11) is 2.07. The maximum atomic E-state index is 12.1. The summed E-state index contributed by atoms with van der Waals surface area (Å²) in [6.07, 6.45) is 7.03. The Bertz CT molecular complexity index is 768. The number of carbonyl (C=O) groups excluding carboxylic acids is 1. The molecule has 1 aromatic carbocycles. The Balaban J connectivity index is 1.49. The van der Waals surface area contributed by atoms with Crippen molar-refractivity contribution in [1.29, 1.82) is 0 Å². The van der Waals surface area contributed by atoms with E-state index in [4.69, 9.17) is 11.6 Å². The lowest BCUT2D eigenvalue weighted by Gasteiger charge is -2.32. The van der Waals surface area contributed by atoms with Crippen LogP contribution in [-0.2, 0) is 11.2 Å². The molecule has 1 aliphatic carbocycles. The topological polar surface area (TPSA) is 58.1 Å². The van der Waals surface area contributed by atoms with Gasteiger partial charge in [0.15, 0.2) is 5.16 Å². The predicted molar refractivity (Wildman–Crippen MR) is 116 cm³/mol. The normalized spacial score (nSPS) is 14.6. The molecule has 0 saturated heterocycles. The molecule has 7 heteroatoms. The van der Waals surface area contributed by atoms with Crippen LogP contribution in [0.1, 0.15) is 37.7 Å². The molecule has 1 N–H and O–H groups in total. The Kier molecular flexibility index (Phi) is 7.98. The van der Waals surface area contributed by atoms with Crippen LogP contribution in [0.5, 0.6) is 0 Å². The molecule has 5 nitrogen and oxygen atoms in total. The van der Waals surface area contributed by atoms with Crippen molar-refractivity contribution in [1.82, 2.24) is 15.3 Å². The van der Waals surface area contributed by atoms with Gasteiger partial charge in [-0.1, -0.05) is 73.0 Å². The maximum Gasteiger partial charge on any atom is 0.230 e. The van der Waals surface area contributed by atoms with Gasteiger partial charge in [-0.3, -0.25) is 4.79 Å². The van der Waals surface area contributed by atoms with Crippen molar-refractivity contribution in [3.63, 3.8) is 0 Å². The Labute approximate surface area is 176 Å². The summed E-state index contributed by atoms with van der Waals surface area (Å²) in [6, 6.07) is 12.4. The second-order valence-corrected chi connectivity index (χ2v) is 8.44. The third-order valence-corrected chi connectivity index (χ3v) is 6.10. The van der Waals surface area contributed by atoms with Crippen molar-refractivity contribution in [2.75, 3.05) is 24.2 Å². The SMILES string of the molecule is CN(c1cc(Cl)nc(SCC(=O)NCCc2ccccc2)n1)C1CCCCC1. The first kappa shape index (κ1) is 20.9. The third-order valence-electron chi connectivity index (χ3n) is 5.06. The second-order valence-electron chi connectivity index (χ2n) is 7.11. The third kappa shape index (κ3) is 6.38. The molecule has 0 atom stereocenters. The zero-order valence-corrected chi connectivity index (χ0v) is 17.8. The maximum absolute atomic E-state index is 12.1. The highest BCUT2D eigenvalue weighted by molar-refractivity contribution is 7.99. The summed E-state index contributed by atoms with van der Waals surface area (Å²) >= 11 is 7.53. The van der Waals surface area contributed by atoms with Crippen LogP contribution >= 0.6 is 23.4 Å². The van der Waals surface area contributed by atoms with Gasteiger partial charge in [0.2, 0.25) is 5.91 Å². The van der Waals surface area contributed by atoms with E-state index < -0.39 is 0 Å². The van der Waals surface area contributed by atoms with Crippen molar-refractivity contribution >= 4 is 35.1 Å². The summed E-state index contributed by atoms with van der Waals surface area (Å²) in [5, 5.41) is 3.91. The summed E-state index contributed by atoms with van der Waals surface area (Å²) in [5.41, 5.74) is 1.21. The number of thioether (sulfide) groups is 1. The summed E-state index contributed by atoms with van der Waals surface area (Å²) in [5.74, 6) is 1.09. The second kappa shape index (κ2) is 10.7. The van der Waals surface area contributed by atoms with Crippen molar-refractivity contribution in [2.45, 2.75) is 49.7 Å². The molecule has 0 aliphatic heterocycles. The van der Waals surface area contributed by atoms with Gasteiger partial charge in [-0.15, -0.1) is 0 Å². The van der Waals surface area contributed by atoms with Gasteiger partial charge >= 0.3 is 0 Å². The van der Waals surface area contributed by atoms with E-state index in [-0.39, 0.29) is 11.7 Å². The Morgan fingerprint density at radius 3 is 2.71 bits per heavy atom. The number of benzene rings is 1. The number of aromatic nitrogens is 2. The molecule has 0 radical (unpaired) electrons. The van der Waals surface area contributed by atoms with E-state index in [1.165, 1.54) is 49.4 Å². The first-order valence-electron chi connectivity index (χ1n) is 9.82. The molecule has 1 fully saturated rings. The highest BCUT2D eigenvalue weighted by Gasteiger charge is 2.20. The number of amides is 1. The lowest BCUT2D eigenvalue weighted by molar-refractivity contribution is -0.118. The van der Waals surface area contributed by atoms with Gasteiger partial charge in [-0.05, 0) is 24.8 Å². The molecule has 1 aromatic heterocycles. The molecule has 1 amide bonds. The largest absolute Gasteiger partial charge is 0.357 e. The fourth-order valence-electron chi connectivity index (χ4n) is 3.46. The Morgan fingerprint density at radius 1 is 1.21 bits per heavy atom. The van der Waals surface area contributed by atoms with E-state index in [0.717, 1.165) is 12.2 Å². The molecule has 0 unspecified atom stereocenters. The molecule has 150 valence electrons. The fraction of sp³-hybridized carbons (Fsp3) is 0.476. The van der Waals surface area contributed by atoms with E-state index in [1.807, 2.05) is 18.2 Å². The number of nitrogens with zero attached hydrogens (tertiary/aromatic N) is 3. The quantitative estimate of drug-likeness (QED) is 0.392. The van der Waals surface area contributed by atoms with E-state index in [1.54, 1.807) is 6.07 Å². The van der Waals surface area contributed by atoms with Crippen LogP contribution in [0.15, 0.2) is 41.6 Å². The fourth-order valence-corrected chi connectivity index (χ4v) is 4.37. The summed E-state index contributed by atoms with van der Waals surface area (Å²) in [4.78, 5) is 23.2. The van der Waals surface area contributed by atoms with Crippen LogP contribution in [0.4, 0.5) is 5.82 Å². The molecule has 28 heavy (non-hydrogen) atoms. The molecule has 3 rings (SSSR count). The van der Waals surface area contributed by atoms with Crippen LogP contribution < -0.4 is 10.2 Å². The number of anilines is 1. The minimum absolute atomic E-state index is 0.0216. The number of halogens is 1. The Morgan fingerprint density at radius 2 is 1.96 bits per heavy atom. The minimum atomic E-state index is -0.0216. The molecule has 2 aromatic rings. The van der Waals surface area contributed by atoms with Gasteiger partial charge in [0.25, 0.3) is 0 Å². The van der Waals surface area contributed by atoms with E-state index in [2.05, 4.69) is 39.4 Å². The van der Waals surface area contributed by atoms with E-state index in [0.29, 0.717) is 22.9 Å². The molecule has 1 aliphatic rings. The Hall–Kier alpha value is -1.79. The van der Waals surface area contributed by atoms with Crippen LogP contribution in [0.2, 0.25) is 5.15 Å².